The standard InChI is InChI=1S/C23H30F2N4OS.HI/c1-3-26-23(28-15-18-5-6-20(24)13-19(18)16-31-2)27-14-17-4-7-22(21(25)12-17)29-8-10-30-11-9-29;/h4-7,12-13H,3,8-11,14-16H2,1-2H3,(H2,26,27,28);1H. The van der Waals surface area contributed by atoms with Crippen LogP contribution in [0.2, 0.25) is 0 Å². The molecule has 0 unspecified atom stereocenters. The number of aliphatic imine (C=N–C) groups is 1. The lowest BCUT2D eigenvalue weighted by Crippen LogP contribution is -2.37. The van der Waals surface area contributed by atoms with E-state index in [-0.39, 0.29) is 35.6 Å². The second kappa shape index (κ2) is 13.8. The second-order valence-corrected chi connectivity index (χ2v) is 8.15. The monoisotopic (exact) mass is 576 g/mol. The molecule has 32 heavy (non-hydrogen) atoms. The predicted octanol–water partition coefficient (Wildman–Crippen LogP) is 4.54. The van der Waals surface area contributed by atoms with Crippen molar-refractivity contribution in [1.82, 2.24) is 10.6 Å². The molecule has 2 aromatic rings. The van der Waals surface area contributed by atoms with Crippen LogP contribution in [0.5, 0.6) is 0 Å². The van der Waals surface area contributed by atoms with Gasteiger partial charge in [-0.2, -0.15) is 11.8 Å². The van der Waals surface area contributed by atoms with Crippen LogP contribution >= 0.6 is 35.7 Å². The fourth-order valence-electron chi connectivity index (χ4n) is 3.46. The van der Waals surface area contributed by atoms with E-state index in [1.165, 1.54) is 6.07 Å². The van der Waals surface area contributed by atoms with E-state index < -0.39 is 0 Å². The summed E-state index contributed by atoms with van der Waals surface area (Å²) in [5.74, 6) is 0.924. The third-order valence-corrected chi connectivity index (χ3v) is 5.64. The summed E-state index contributed by atoms with van der Waals surface area (Å²) >= 11 is 1.66. The number of hydrogen-bond acceptors (Lipinski definition) is 4. The van der Waals surface area contributed by atoms with E-state index in [0.717, 1.165) is 22.4 Å². The normalized spacial score (nSPS) is 14.1. The Hall–Kier alpha value is -1.59. The van der Waals surface area contributed by atoms with Gasteiger partial charge in [-0.15, -0.1) is 24.0 Å². The van der Waals surface area contributed by atoms with Crippen LogP contribution in [-0.2, 0) is 23.6 Å². The minimum Gasteiger partial charge on any atom is -0.378 e. The van der Waals surface area contributed by atoms with E-state index in [1.807, 2.05) is 30.2 Å². The minimum absolute atomic E-state index is 0. The third kappa shape index (κ3) is 7.77. The topological polar surface area (TPSA) is 48.9 Å². The first kappa shape index (κ1) is 26.7. The molecule has 0 amide bonds. The van der Waals surface area contributed by atoms with Gasteiger partial charge in [-0.3, -0.25) is 0 Å². The maximum absolute atomic E-state index is 14.6. The summed E-state index contributed by atoms with van der Waals surface area (Å²) in [5.41, 5.74) is 3.41. The highest BCUT2D eigenvalue weighted by Gasteiger charge is 2.15. The summed E-state index contributed by atoms with van der Waals surface area (Å²) in [7, 11) is 0. The summed E-state index contributed by atoms with van der Waals surface area (Å²) in [4.78, 5) is 6.60. The van der Waals surface area contributed by atoms with Gasteiger partial charge in [0.25, 0.3) is 0 Å². The van der Waals surface area contributed by atoms with Gasteiger partial charge in [0.2, 0.25) is 0 Å². The molecule has 1 aliphatic heterocycles. The minimum atomic E-state index is -0.236. The number of hydrogen-bond donors (Lipinski definition) is 2. The zero-order chi connectivity index (χ0) is 22.1. The van der Waals surface area contributed by atoms with Gasteiger partial charge in [-0.25, -0.2) is 13.8 Å². The summed E-state index contributed by atoms with van der Waals surface area (Å²) in [6.45, 7) is 6.23. The number of rotatable bonds is 8. The number of benzene rings is 2. The second-order valence-electron chi connectivity index (χ2n) is 7.28. The van der Waals surface area contributed by atoms with Gasteiger partial charge in [0, 0.05) is 31.9 Å². The SMILES string of the molecule is CCNC(=NCc1ccc(N2CCOCC2)c(F)c1)NCc1ccc(F)cc1CSC.I. The summed E-state index contributed by atoms with van der Waals surface area (Å²) in [6.07, 6.45) is 2.00. The van der Waals surface area contributed by atoms with Crippen LogP contribution in [0.4, 0.5) is 14.5 Å². The number of morpholine rings is 1. The predicted molar refractivity (Wildman–Crippen MR) is 140 cm³/mol. The molecule has 2 aromatic carbocycles. The van der Waals surface area contributed by atoms with Crippen molar-refractivity contribution in [2.45, 2.75) is 25.8 Å². The molecule has 1 aliphatic rings. The lowest BCUT2D eigenvalue weighted by molar-refractivity contribution is 0.122. The average Bonchev–Trinajstić information content (AvgIpc) is 2.77. The molecule has 0 bridgehead atoms. The van der Waals surface area contributed by atoms with Crippen LogP contribution in [0.15, 0.2) is 41.4 Å². The first-order chi connectivity index (χ1) is 15.1. The molecule has 5 nitrogen and oxygen atoms in total. The number of anilines is 1. The molecule has 0 aromatic heterocycles. The third-order valence-electron chi connectivity index (χ3n) is 5.04. The summed E-state index contributed by atoms with van der Waals surface area (Å²) in [5, 5.41) is 6.50. The molecule has 1 saturated heterocycles. The Morgan fingerprint density at radius 2 is 1.88 bits per heavy atom. The van der Waals surface area contributed by atoms with E-state index in [1.54, 1.807) is 30.0 Å². The average molecular weight is 576 g/mol. The number of thioether (sulfide) groups is 1. The van der Waals surface area contributed by atoms with Gasteiger partial charge >= 0.3 is 0 Å². The maximum atomic E-state index is 14.6. The molecule has 1 heterocycles. The molecular weight excluding hydrogens is 545 g/mol. The Morgan fingerprint density at radius 1 is 1.09 bits per heavy atom. The molecule has 1 fully saturated rings. The van der Waals surface area contributed by atoms with Crippen LogP contribution in [0.25, 0.3) is 0 Å². The molecule has 0 aliphatic carbocycles. The first-order valence-corrected chi connectivity index (χ1v) is 11.9. The Labute approximate surface area is 210 Å². The van der Waals surface area contributed by atoms with Gasteiger partial charge in [0.15, 0.2) is 5.96 Å². The van der Waals surface area contributed by atoms with Gasteiger partial charge in [-0.05, 0) is 54.1 Å². The lowest BCUT2D eigenvalue weighted by atomic mass is 10.1. The Kier molecular flexibility index (Phi) is 11.5. The maximum Gasteiger partial charge on any atom is 0.191 e. The van der Waals surface area contributed by atoms with E-state index in [9.17, 15) is 8.78 Å². The number of nitrogens with one attached hydrogen (secondary N) is 2. The highest BCUT2D eigenvalue weighted by molar-refractivity contribution is 14.0. The van der Waals surface area contributed by atoms with Crippen molar-refractivity contribution in [1.29, 1.82) is 0 Å². The van der Waals surface area contributed by atoms with Crippen molar-refractivity contribution < 1.29 is 13.5 Å². The number of ether oxygens (including phenoxy) is 1. The molecule has 0 saturated carbocycles. The number of nitrogens with zero attached hydrogens (tertiary/aromatic N) is 2. The van der Waals surface area contributed by atoms with Gasteiger partial charge in [0.1, 0.15) is 11.6 Å². The smallest absolute Gasteiger partial charge is 0.191 e. The van der Waals surface area contributed by atoms with Crippen molar-refractivity contribution in [2.24, 2.45) is 4.99 Å². The van der Waals surface area contributed by atoms with E-state index >= 15 is 0 Å². The molecule has 3 rings (SSSR count). The van der Waals surface area contributed by atoms with Crippen LogP contribution in [-0.4, -0.2) is 45.1 Å². The van der Waals surface area contributed by atoms with Crippen LogP contribution in [0, 0.1) is 11.6 Å². The van der Waals surface area contributed by atoms with Crippen LogP contribution in [0.3, 0.4) is 0 Å². The van der Waals surface area contributed by atoms with Crippen molar-refractivity contribution in [3.8, 4) is 0 Å². The van der Waals surface area contributed by atoms with Crippen molar-refractivity contribution >= 4 is 47.4 Å². The zero-order valence-electron chi connectivity index (χ0n) is 18.5. The van der Waals surface area contributed by atoms with E-state index in [0.29, 0.717) is 57.6 Å². The molecule has 0 atom stereocenters. The summed E-state index contributed by atoms with van der Waals surface area (Å²) in [6, 6.07) is 10.1. The van der Waals surface area contributed by atoms with Gasteiger partial charge in [-0.1, -0.05) is 12.1 Å². The molecule has 0 spiro atoms. The largest absolute Gasteiger partial charge is 0.378 e. The van der Waals surface area contributed by atoms with Crippen LogP contribution in [0.1, 0.15) is 23.6 Å². The molecule has 9 heteroatoms. The van der Waals surface area contributed by atoms with Crippen LogP contribution < -0.4 is 15.5 Å². The fraction of sp³-hybridized carbons (Fsp3) is 0.435. The highest BCUT2D eigenvalue weighted by atomic mass is 127. The van der Waals surface area contributed by atoms with E-state index in [4.69, 9.17) is 4.74 Å². The number of guanidine groups is 1. The van der Waals surface area contributed by atoms with Gasteiger partial charge in [0.05, 0.1) is 25.4 Å². The zero-order valence-corrected chi connectivity index (χ0v) is 21.6. The van der Waals surface area contributed by atoms with Crippen molar-refractivity contribution in [3.05, 3.63) is 64.7 Å². The fourth-order valence-corrected chi connectivity index (χ4v) is 4.04. The number of halogens is 3. The lowest BCUT2D eigenvalue weighted by Gasteiger charge is -2.29. The Bertz CT molecular complexity index is 894. The van der Waals surface area contributed by atoms with Gasteiger partial charge < -0.3 is 20.3 Å². The van der Waals surface area contributed by atoms with E-state index in [2.05, 4.69) is 15.6 Å². The Morgan fingerprint density at radius 3 is 2.56 bits per heavy atom. The Balaban J connectivity index is 0.00000363. The highest BCUT2D eigenvalue weighted by Crippen LogP contribution is 2.22. The van der Waals surface area contributed by atoms with Crippen molar-refractivity contribution in [3.63, 3.8) is 0 Å². The molecule has 176 valence electrons. The summed E-state index contributed by atoms with van der Waals surface area (Å²) < 4.78 is 33.5. The molecule has 2 N–H and O–H groups in total. The molecule has 0 radical (unpaired) electrons. The first-order valence-electron chi connectivity index (χ1n) is 10.5. The van der Waals surface area contributed by atoms with Crippen molar-refractivity contribution in [2.75, 3.05) is 44.0 Å². The quantitative estimate of drug-likeness (QED) is 0.275. The molecular formula is C23H31F2IN4OS.